The van der Waals surface area contributed by atoms with E-state index in [4.69, 9.17) is 10.5 Å². The van der Waals surface area contributed by atoms with Crippen molar-refractivity contribution in [2.45, 2.75) is 38.3 Å². The maximum atomic E-state index is 12.2. The summed E-state index contributed by atoms with van der Waals surface area (Å²) >= 11 is 0. The number of carbonyl (C=O) groups is 1. The van der Waals surface area contributed by atoms with E-state index in [-0.39, 0.29) is 24.4 Å². The van der Waals surface area contributed by atoms with Crippen LogP contribution in [0, 0.1) is 5.92 Å². The van der Waals surface area contributed by atoms with E-state index in [1.807, 2.05) is 31.3 Å². The highest BCUT2D eigenvalue weighted by molar-refractivity contribution is 5.85. The summed E-state index contributed by atoms with van der Waals surface area (Å²) in [6.07, 6.45) is 3.86. The van der Waals surface area contributed by atoms with Gasteiger partial charge < -0.3 is 15.4 Å². The van der Waals surface area contributed by atoms with Gasteiger partial charge >= 0.3 is 0 Å². The number of nitrogens with two attached hydrogens (primary N) is 1. The summed E-state index contributed by atoms with van der Waals surface area (Å²) < 4.78 is 5.20. The van der Waals surface area contributed by atoms with Gasteiger partial charge in [0.05, 0.1) is 7.11 Å². The lowest BCUT2D eigenvalue weighted by atomic mass is 9.99. The van der Waals surface area contributed by atoms with Crippen molar-refractivity contribution >= 4 is 18.3 Å². The van der Waals surface area contributed by atoms with Crippen molar-refractivity contribution in [1.82, 2.24) is 4.90 Å². The van der Waals surface area contributed by atoms with E-state index >= 15 is 0 Å². The molecule has 0 heterocycles. The zero-order valence-electron chi connectivity index (χ0n) is 12.7. The van der Waals surface area contributed by atoms with Crippen molar-refractivity contribution in [3.05, 3.63) is 29.8 Å². The lowest BCUT2D eigenvalue weighted by Gasteiger charge is -2.21. The molecule has 0 spiro atoms. The Morgan fingerprint density at radius 2 is 2.19 bits per heavy atom. The Morgan fingerprint density at radius 3 is 2.81 bits per heavy atom. The maximum absolute atomic E-state index is 12.2. The van der Waals surface area contributed by atoms with Crippen LogP contribution in [-0.4, -0.2) is 31.0 Å². The van der Waals surface area contributed by atoms with Crippen molar-refractivity contribution in [1.29, 1.82) is 0 Å². The number of hydrogen-bond donors (Lipinski definition) is 1. The van der Waals surface area contributed by atoms with E-state index in [0.29, 0.717) is 18.9 Å². The minimum absolute atomic E-state index is 0. The van der Waals surface area contributed by atoms with Gasteiger partial charge in [-0.1, -0.05) is 18.6 Å². The fourth-order valence-electron chi connectivity index (χ4n) is 2.83. The van der Waals surface area contributed by atoms with E-state index in [9.17, 15) is 4.79 Å². The third kappa shape index (κ3) is 4.90. The first kappa shape index (κ1) is 17.8. The second kappa shape index (κ2) is 8.25. The normalized spacial score (nSPS) is 20.7. The molecule has 1 aromatic carbocycles. The molecule has 0 bridgehead atoms. The fraction of sp³-hybridized carbons (Fsp3) is 0.562. The van der Waals surface area contributed by atoms with Gasteiger partial charge in [-0.25, -0.2) is 0 Å². The Labute approximate surface area is 133 Å². The fourth-order valence-corrected chi connectivity index (χ4v) is 2.83. The van der Waals surface area contributed by atoms with Crippen LogP contribution < -0.4 is 10.5 Å². The molecule has 1 aliphatic rings. The number of rotatable bonds is 5. The molecule has 1 fully saturated rings. The standard InChI is InChI=1S/C16H24N2O2.ClH/c1-18(11-12-5-3-7-14(9-12)20-2)16(19)10-13-6-4-8-15(13)17;/h3,5,7,9,13,15H,4,6,8,10-11,17H2,1-2H3;1H/t13-,15+;/m0./s1. The molecule has 0 radical (unpaired) electrons. The van der Waals surface area contributed by atoms with Crippen molar-refractivity contribution in [3.63, 3.8) is 0 Å². The lowest BCUT2D eigenvalue weighted by Crippen LogP contribution is -2.32. The van der Waals surface area contributed by atoms with Gasteiger partial charge in [0.15, 0.2) is 0 Å². The number of amides is 1. The number of carbonyl (C=O) groups excluding carboxylic acids is 1. The van der Waals surface area contributed by atoms with Crippen LogP contribution in [0.2, 0.25) is 0 Å². The van der Waals surface area contributed by atoms with Crippen molar-refractivity contribution < 1.29 is 9.53 Å². The maximum Gasteiger partial charge on any atom is 0.222 e. The molecule has 0 aliphatic heterocycles. The molecule has 5 heteroatoms. The number of benzene rings is 1. The van der Waals surface area contributed by atoms with Gasteiger partial charge in [-0.05, 0) is 36.5 Å². The van der Waals surface area contributed by atoms with Crippen LogP contribution in [0.25, 0.3) is 0 Å². The van der Waals surface area contributed by atoms with Crippen LogP contribution in [-0.2, 0) is 11.3 Å². The third-order valence-corrected chi connectivity index (χ3v) is 4.13. The number of hydrogen-bond acceptors (Lipinski definition) is 3. The van der Waals surface area contributed by atoms with E-state index in [2.05, 4.69) is 0 Å². The Kier molecular flexibility index (Phi) is 6.99. The van der Waals surface area contributed by atoms with Crippen molar-refractivity contribution in [2.75, 3.05) is 14.2 Å². The Hall–Kier alpha value is -1.26. The highest BCUT2D eigenvalue weighted by Gasteiger charge is 2.27. The first-order valence-corrected chi connectivity index (χ1v) is 7.22. The summed E-state index contributed by atoms with van der Waals surface area (Å²) in [5.74, 6) is 1.35. The molecule has 0 aromatic heterocycles. The summed E-state index contributed by atoms with van der Waals surface area (Å²) in [7, 11) is 3.50. The van der Waals surface area contributed by atoms with Gasteiger partial charge in [-0.2, -0.15) is 0 Å². The van der Waals surface area contributed by atoms with Crippen LogP contribution in [0.5, 0.6) is 5.75 Å². The zero-order valence-corrected chi connectivity index (χ0v) is 13.6. The topological polar surface area (TPSA) is 55.6 Å². The van der Waals surface area contributed by atoms with Crippen LogP contribution in [0.15, 0.2) is 24.3 Å². The first-order valence-electron chi connectivity index (χ1n) is 7.22. The highest BCUT2D eigenvalue weighted by atomic mass is 35.5. The zero-order chi connectivity index (χ0) is 14.5. The average molecular weight is 313 g/mol. The monoisotopic (exact) mass is 312 g/mol. The van der Waals surface area contributed by atoms with Crippen molar-refractivity contribution in [3.8, 4) is 5.75 Å². The Balaban J connectivity index is 0.00000220. The molecule has 1 saturated carbocycles. The van der Waals surface area contributed by atoms with E-state index in [1.54, 1.807) is 12.0 Å². The second-order valence-corrected chi connectivity index (χ2v) is 5.66. The molecule has 1 amide bonds. The van der Waals surface area contributed by atoms with Gasteiger partial charge in [0.2, 0.25) is 5.91 Å². The third-order valence-electron chi connectivity index (χ3n) is 4.13. The predicted molar refractivity (Wildman–Crippen MR) is 86.6 cm³/mol. The van der Waals surface area contributed by atoms with Crippen LogP contribution >= 0.6 is 12.4 Å². The molecule has 21 heavy (non-hydrogen) atoms. The molecule has 2 N–H and O–H groups in total. The summed E-state index contributed by atoms with van der Waals surface area (Å²) in [5, 5.41) is 0. The highest BCUT2D eigenvalue weighted by Crippen LogP contribution is 2.27. The first-order chi connectivity index (χ1) is 9.60. The number of ether oxygens (including phenoxy) is 1. The number of nitrogens with zero attached hydrogens (tertiary/aromatic N) is 1. The van der Waals surface area contributed by atoms with E-state index < -0.39 is 0 Å². The molecule has 1 aliphatic carbocycles. The molecule has 4 nitrogen and oxygen atoms in total. The summed E-state index contributed by atoms with van der Waals surface area (Å²) in [6.45, 7) is 0.609. The van der Waals surface area contributed by atoms with Gasteiger partial charge in [-0.15, -0.1) is 12.4 Å². The molecular weight excluding hydrogens is 288 g/mol. The van der Waals surface area contributed by atoms with Crippen LogP contribution in [0.3, 0.4) is 0 Å². The molecule has 1 aromatic rings. The van der Waals surface area contributed by atoms with Crippen molar-refractivity contribution in [2.24, 2.45) is 11.7 Å². The quantitative estimate of drug-likeness (QED) is 0.909. The second-order valence-electron chi connectivity index (χ2n) is 5.66. The van der Waals surface area contributed by atoms with Gasteiger partial charge in [0.25, 0.3) is 0 Å². The SMILES string of the molecule is COc1cccc(CN(C)C(=O)C[C@@H]2CCC[C@H]2N)c1.Cl. The number of methoxy groups -OCH3 is 1. The molecule has 0 unspecified atom stereocenters. The van der Waals surface area contributed by atoms with Gasteiger partial charge in [0.1, 0.15) is 5.75 Å². The molecule has 0 saturated heterocycles. The molecule has 118 valence electrons. The predicted octanol–water partition coefficient (Wildman–Crippen LogP) is 2.59. The summed E-state index contributed by atoms with van der Waals surface area (Å²) in [6, 6.07) is 8.02. The molecule has 2 atom stereocenters. The Morgan fingerprint density at radius 1 is 1.43 bits per heavy atom. The Bertz CT molecular complexity index is 467. The summed E-state index contributed by atoms with van der Waals surface area (Å²) in [5.41, 5.74) is 7.11. The smallest absolute Gasteiger partial charge is 0.222 e. The van der Waals surface area contributed by atoms with E-state index in [0.717, 1.165) is 30.6 Å². The van der Waals surface area contributed by atoms with Gasteiger partial charge in [0, 0.05) is 26.1 Å². The van der Waals surface area contributed by atoms with Gasteiger partial charge in [-0.3, -0.25) is 4.79 Å². The summed E-state index contributed by atoms with van der Waals surface area (Å²) in [4.78, 5) is 14.0. The minimum Gasteiger partial charge on any atom is -0.497 e. The molecule has 2 rings (SSSR count). The van der Waals surface area contributed by atoms with Crippen LogP contribution in [0.4, 0.5) is 0 Å². The number of halogens is 1. The average Bonchev–Trinajstić information content (AvgIpc) is 2.84. The largest absolute Gasteiger partial charge is 0.497 e. The lowest BCUT2D eigenvalue weighted by molar-refractivity contribution is -0.131. The minimum atomic E-state index is 0. The van der Waals surface area contributed by atoms with E-state index in [1.165, 1.54) is 0 Å². The van der Waals surface area contributed by atoms with Crippen LogP contribution in [0.1, 0.15) is 31.2 Å². The molecular formula is C16H25ClN2O2.